The first-order valence-electron chi connectivity index (χ1n) is 6.97. The van der Waals surface area contributed by atoms with Gasteiger partial charge in [-0.25, -0.2) is 4.79 Å². The Bertz CT molecular complexity index is 521. The van der Waals surface area contributed by atoms with Crippen LogP contribution in [0.5, 0.6) is 11.5 Å². The van der Waals surface area contributed by atoms with Gasteiger partial charge in [-0.2, -0.15) is 0 Å². The third-order valence-electron chi connectivity index (χ3n) is 3.68. The fraction of sp³-hybridized carbons (Fsp3) is 0.467. The second-order valence-electron chi connectivity index (χ2n) is 5.09. The Hall–Kier alpha value is -2.04. The molecular formula is C15H17NO4. The average molecular weight is 275 g/mol. The van der Waals surface area contributed by atoms with E-state index in [2.05, 4.69) is 5.16 Å². The highest BCUT2D eigenvalue weighted by Gasteiger charge is 2.22. The summed E-state index contributed by atoms with van der Waals surface area (Å²) in [6.07, 6.45) is 6.76. The fourth-order valence-corrected chi connectivity index (χ4v) is 2.55. The number of oxime groups is 1. The van der Waals surface area contributed by atoms with Crippen LogP contribution in [0, 0.1) is 5.92 Å². The molecule has 0 unspecified atom stereocenters. The van der Waals surface area contributed by atoms with E-state index in [-0.39, 0.29) is 18.7 Å². The highest BCUT2D eigenvalue weighted by Crippen LogP contribution is 2.32. The topological polar surface area (TPSA) is 57.1 Å². The van der Waals surface area contributed by atoms with E-state index in [1.54, 1.807) is 6.07 Å². The molecule has 20 heavy (non-hydrogen) atoms. The molecule has 5 heteroatoms. The minimum Gasteiger partial charge on any atom is -0.454 e. The number of fused-ring (bicyclic) bond motifs is 1. The predicted octanol–water partition coefficient (Wildman–Crippen LogP) is 2.87. The van der Waals surface area contributed by atoms with Gasteiger partial charge in [0.05, 0.1) is 12.1 Å². The molecule has 0 radical (unpaired) electrons. The number of hydrogen-bond acceptors (Lipinski definition) is 5. The van der Waals surface area contributed by atoms with Crippen molar-refractivity contribution in [2.75, 3.05) is 6.79 Å². The lowest BCUT2D eigenvalue weighted by Gasteiger charge is -2.17. The van der Waals surface area contributed by atoms with Crippen LogP contribution < -0.4 is 9.47 Å². The monoisotopic (exact) mass is 275 g/mol. The van der Waals surface area contributed by atoms with Crippen LogP contribution in [-0.4, -0.2) is 19.0 Å². The molecule has 0 amide bonds. The lowest BCUT2D eigenvalue weighted by Crippen LogP contribution is -2.18. The Morgan fingerprint density at radius 3 is 2.85 bits per heavy atom. The van der Waals surface area contributed by atoms with Gasteiger partial charge in [0.15, 0.2) is 11.5 Å². The van der Waals surface area contributed by atoms with Gasteiger partial charge >= 0.3 is 5.97 Å². The minimum absolute atomic E-state index is 0.0117. The number of carbonyl (C=O) groups is 1. The van der Waals surface area contributed by atoms with Crippen LogP contribution in [0.1, 0.15) is 37.7 Å². The predicted molar refractivity (Wildman–Crippen MR) is 72.8 cm³/mol. The van der Waals surface area contributed by atoms with Crippen molar-refractivity contribution in [1.29, 1.82) is 0 Å². The highest BCUT2D eigenvalue weighted by atomic mass is 16.7. The van der Waals surface area contributed by atoms with Crippen LogP contribution in [0.25, 0.3) is 0 Å². The lowest BCUT2D eigenvalue weighted by molar-refractivity contribution is -0.149. The summed E-state index contributed by atoms with van der Waals surface area (Å²) in [7, 11) is 0. The van der Waals surface area contributed by atoms with E-state index in [4.69, 9.17) is 14.3 Å². The van der Waals surface area contributed by atoms with Crippen LogP contribution >= 0.6 is 0 Å². The van der Waals surface area contributed by atoms with E-state index in [0.29, 0.717) is 5.75 Å². The second kappa shape index (κ2) is 5.94. The Labute approximate surface area is 117 Å². The molecule has 1 fully saturated rings. The summed E-state index contributed by atoms with van der Waals surface area (Å²) < 4.78 is 10.5. The van der Waals surface area contributed by atoms with E-state index in [0.717, 1.165) is 37.0 Å². The molecule has 1 aromatic rings. The number of hydrogen-bond donors (Lipinski definition) is 0. The molecule has 2 aliphatic rings. The molecule has 0 aromatic heterocycles. The summed E-state index contributed by atoms with van der Waals surface area (Å²) in [5, 5.41) is 3.77. The molecule has 0 bridgehead atoms. The van der Waals surface area contributed by atoms with Crippen molar-refractivity contribution < 1.29 is 19.1 Å². The smallest absolute Gasteiger partial charge is 0.338 e. The molecule has 106 valence electrons. The second-order valence-corrected chi connectivity index (χ2v) is 5.09. The van der Waals surface area contributed by atoms with Crippen molar-refractivity contribution >= 4 is 12.2 Å². The third-order valence-corrected chi connectivity index (χ3v) is 3.68. The molecule has 0 N–H and O–H groups in total. The molecular weight excluding hydrogens is 258 g/mol. The summed E-state index contributed by atoms with van der Waals surface area (Å²) >= 11 is 0. The van der Waals surface area contributed by atoms with Crippen molar-refractivity contribution in [3.63, 3.8) is 0 Å². The summed E-state index contributed by atoms with van der Waals surface area (Å²) in [6.45, 7) is 0.243. The van der Waals surface area contributed by atoms with Crippen molar-refractivity contribution in [3.8, 4) is 11.5 Å². The summed E-state index contributed by atoms with van der Waals surface area (Å²) in [5.41, 5.74) is 0.811. The maximum Gasteiger partial charge on any atom is 0.338 e. The number of nitrogens with zero attached hydrogens (tertiary/aromatic N) is 1. The summed E-state index contributed by atoms with van der Waals surface area (Å²) in [5.74, 6) is 1.20. The van der Waals surface area contributed by atoms with Gasteiger partial charge in [0.2, 0.25) is 6.79 Å². The Balaban J connectivity index is 1.56. The molecule has 0 spiro atoms. The lowest BCUT2D eigenvalue weighted by atomic mass is 9.89. The minimum atomic E-state index is -0.221. The van der Waals surface area contributed by atoms with E-state index in [9.17, 15) is 4.79 Å². The van der Waals surface area contributed by atoms with Crippen molar-refractivity contribution in [2.24, 2.45) is 11.1 Å². The number of carbonyl (C=O) groups excluding carboxylic acids is 1. The van der Waals surface area contributed by atoms with Gasteiger partial charge < -0.3 is 14.3 Å². The molecule has 1 aromatic carbocycles. The molecule has 0 saturated heterocycles. The summed E-state index contributed by atoms with van der Waals surface area (Å²) in [6, 6.07) is 5.46. The van der Waals surface area contributed by atoms with Gasteiger partial charge in [-0.05, 0) is 31.0 Å². The maximum atomic E-state index is 11.8. The van der Waals surface area contributed by atoms with Gasteiger partial charge in [-0.3, -0.25) is 0 Å². The highest BCUT2D eigenvalue weighted by molar-refractivity contribution is 5.81. The zero-order valence-corrected chi connectivity index (χ0v) is 11.2. The van der Waals surface area contributed by atoms with Crippen LogP contribution in [0.2, 0.25) is 0 Å². The van der Waals surface area contributed by atoms with E-state index in [1.807, 2.05) is 12.1 Å². The van der Waals surface area contributed by atoms with Crippen LogP contribution in [-0.2, 0) is 9.63 Å². The first-order chi connectivity index (χ1) is 9.83. The molecule has 0 atom stereocenters. The number of ether oxygens (including phenoxy) is 2. The van der Waals surface area contributed by atoms with Crippen molar-refractivity contribution in [1.82, 2.24) is 0 Å². The molecule has 1 aliphatic heterocycles. The SMILES string of the molecule is O=C(ON=Cc1ccc2c(c1)OCO2)C1CCCCC1. The molecule has 1 heterocycles. The largest absolute Gasteiger partial charge is 0.454 e. The van der Waals surface area contributed by atoms with Gasteiger partial charge in [-0.15, -0.1) is 0 Å². The number of benzene rings is 1. The zero-order valence-electron chi connectivity index (χ0n) is 11.2. The van der Waals surface area contributed by atoms with Crippen LogP contribution in [0.15, 0.2) is 23.4 Å². The first-order valence-corrected chi connectivity index (χ1v) is 6.97. The third kappa shape index (κ3) is 2.92. The Morgan fingerprint density at radius 2 is 2.00 bits per heavy atom. The first kappa shape index (κ1) is 13.0. The van der Waals surface area contributed by atoms with E-state index in [1.165, 1.54) is 12.6 Å². The Morgan fingerprint density at radius 1 is 1.20 bits per heavy atom. The van der Waals surface area contributed by atoms with Crippen LogP contribution in [0.4, 0.5) is 0 Å². The molecule has 3 rings (SSSR count). The quantitative estimate of drug-likeness (QED) is 0.483. The van der Waals surface area contributed by atoms with Gasteiger partial charge in [0, 0.05) is 5.56 Å². The Kier molecular flexibility index (Phi) is 3.85. The van der Waals surface area contributed by atoms with Gasteiger partial charge in [-0.1, -0.05) is 24.4 Å². The van der Waals surface area contributed by atoms with Gasteiger partial charge in [0.1, 0.15) is 0 Å². The molecule has 1 aliphatic carbocycles. The van der Waals surface area contributed by atoms with E-state index >= 15 is 0 Å². The van der Waals surface area contributed by atoms with Crippen molar-refractivity contribution in [2.45, 2.75) is 32.1 Å². The summed E-state index contributed by atoms with van der Waals surface area (Å²) in [4.78, 5) is 16.8. The van der Waals surface area contributed by atoms with Gasteiger partial charge in [0.25, 0.3) is 0 Å². The molecule has 1 saturated carbocycles. The maximum absolute atomic E-state index is 11.8. The van der Waals surface area contributed by atoms with E-state index < -0.39 is 0 Å². The number of rotatable bonds is 3. The normalized spacial score (nSPS) is 18.4. The van der Waals surface area contributed by atoms with Crippen LogP contribution in [0.3, 0.4) is 0 Å². The fourth-order valence-electron chi connectivity index (χ4n) is 2.55. The standard InChI is InChI=1S/C15H17NO4/c17-15(12-4-2-1-3-5-12)20-16-9-11-6-7-13-14(8-11)19-10-18-13/h6-9,12H,1-5,10H2. The zero-order chi connectivity index (χ0) is 13.8. The van der Waals surface area contributed by atoms with Crippen molar-refractivity contribution in [3.05, 3.63) is 23.8 Å². The average Bonchev–Trinajstić information content (AvgIpc) is 2.95. The molecule has 5 nitrogen and oxygen atoms in total.